The number of nitrogens with one attached hydrogen (secondary N) is 1. The summed E-state index contributed by atoms with van der Waals surface area (Å²) in [5.74, 6) is -3.09. The molecule has 5 nitrogen and oxygen atoms in total. The van der Waals surface area contributed by atoms with Gasteiger partial charge in [0.1, 0.15) is 0 Å². The van der Waals surface area contributed by atoms with E-state index in [-0.39, 0.29) is 59.7 Å². The summed E-state index contributed by atoms with van der Waals surface area (Å²) < 4.78 is 28.6. The zero-order valence-corrected chi connectivity index (χ0v) is 17.3. The van der Waals surface area contributed by atoms with Gasteiger partial charge in [0, 0.05) is 51.8 Å². The molecular weight excluding hydrogens is 423 g/mol. The van der Waals surface area contributed by atoms with Gasteiger partial charge in [-0.3, -0.25) is 14.5 Å². The van der Waals surface area contributed by atoms with Crippen LogP contribution in [0.5, 0.6) is 0 Å². The molecule has 0 spiro atoms. The summed E-state index contributed by atoms with van der Waals surface area (Å²) in [4.78, 5) is 26.2. The van der Waals surface area contributed by atoms with Crippen LogP contribution in [0.15, 0.2) is 41.3 Å². The SMILES string of the molecule is Cn1cc(C(CNC(=O)c2cccc(Cl)c2Cl)N2CCC(F)(F)CC2)ccc1=O. The number of aryl methyl sites for hydroxylation is 1. The number of hydrogen-bond acceptors (Lipinski definition) is 3. The fourth-order valence-electron chi connectivity index (χ4n) is 3.40. The minimum atomic E-state index is -2.68. The normalized spacial score (nSPS) is 17.7. The molecule has 2 heterocycles. The fraction of sp³-hybridized carbons (Fsp3) is 0.400. The second-order valence-corrected chi connectivity index (χ2v) is 7.92. The molecule has 9 heteroatoms. The lowest BCUT2D eigenvalue weighted by atomic mass is 10.0. The number of hydrogen-bond donors (Lipinski definition) is 1. The number of rotatable bonds is 5. The van der Waals surface area contributed by atoms with Gasteiger partial charge in [-0.15, -0.1) is 0 Å². The lowest BCUT2D eigenvalue weighted by Crippen LogP contribution is -2.45. The molecular formula is C20H21Cl2F2N3O2. The van der Waals surface area contributed by atoms with Crippen molar-refractivity contribution in [1.82, 2.24) is 14.8 Å². The molecule has 1 atom stereocenters. The summed E-state index contributed by atoms with van der Waals surface area (Å²) in [5.41, 5.74) is 0.825. The highest BCUT2D eigenvalue weighted by molar-refractivity contribution is 6.43. The van der Waals surface area contributed by atoms with Crippen molar-refractivity contribution >= 4 is 29.1 Å². The van der Waals surface area contributed by atoms with Gasteiger partial charge in [0.05, 0.1) is 21.7 Å². The largest absolute Gasteiger partial charge is 0.350 e. The minimum Gasteiger partial charge on any atom is -0.350 e. The maximum Gasteiger partial charge on any atom is 0.252 e. The molecule has 1 aromatic carbocycles. The Labute approximate surface area is 177 Å². The van der Waals surface area contributed by atoms with E-state index in [1.165, 1.54) is 10.6 Å². The maximum absolute atomic E-state index is 13.6. The summed E-state index contributed by atoms with van der Waals surface area (Å²) >= 11 is 12.1. The molecule has 156 valence electrons. The fourth-order valence-corrected chi connectivity index (χ4v) is 3.78. The van der Waals surface area contributed by atoms with Crippen LogP contribution in [-0.4, -0.2) is 40.9 Å². The van der Waals surface area contributed by atoms with Crippen LogP contribution >= 0.6 is 23.2 Å². The molecule has 1 saturated heterocycles. The Morgan fingerprint density at radius 2 is 1.90 bits per heavy atom. The van der Waals surface area contributed by atoms with Crippen LogP contribution < -0.4 is 10.9 Å². The van der Waals surface area contributed by atoms with E-state index in [9.17, 15) is 18.4 Å². The highest BCUT2D eigenvalue weighted by Gasteiger charge is 2.36. The standard InChI is InChI=1S/C20H21Cl2F2N3O2/c1-26-12-13(5-6-17(26)28)16(27-9-7-20(23,24)8-10-27)11-25-19(29)14-3-2-4-15(21)18(14)22/h2-6,12,16H,7-11H2,1H3,(H,25,29). The highest BCUT2D eigenvalue weighted by Crippen LogP contribution is 2.32. The van der Waals surface area contributed by atoms with Gasteiger partial charge >= 0.3 is 0 Å². The molecule has 2 aromatic rings. The summed E-state index contributed by atoms with van der Waals surface area (Å²) in [6.07, 6.45) is 1.17. The summed E-state index contributed by atoms with van der Waals surface area (Å²) in [7, 11) is 1.62. The Morgan fingerprint density at radius 1 is 1.21 bits per heavy atom. The zero-order valence-electron chi connectivity index (χ0n) is 15.8. The first-order valence-electron chi connectivity index (χ1n) is 9.18. The first-order chi connectivity index (χ1) is 13.7. The number of piperidine rings is 1. The van der Waals surface area contributed by atoms with Crippen molar-refractivity contribution < 1.29 is 13.6 Å². The Morgan fingerprint density at radius 3 is 2.55 bits per heavy atom. The van der Waals surface area contributed by atoms with E-state index in [2.05, 4.69) is 5.32 Å². The van der Waals surface area contributed by atoms with Crippen LogP contribution in [0.25, 0.3) is 0 Å². The smallest absolute Gasteiger partial charge is 0.252 e. The first-order valence-corrected chi connectivity index (χ1v) is 9.94. The molecule has 0 aliphatic carbocycles. The molecule has 1 unspecified atom stereocenters. The van der Waals surface area contributed by atoms with Crippen molar-refractivity contribution in [1.29, 1.82) is 0 Å². The number of amides is 1. The quantitative estimate of drug-likeness (QED) is 0.762. The number of halogens is 4. The zero-order chi connectivity index (χ0) is 21.2. The van der Waals surface area contributed by atoms with Crippen LogP contribution in [0.2, 0.25) is 10.0 Å². The number of benzene rings is 1. The van der Waals surface area contributed by atoms with Gasteiger partial charge in [-0.25, -0.2) is 8.78 Å². The van der Waals surface area contributed by atoms with E-state index in [4.69, 9.17) is 23.2 Å². The van der Waals surface area contributed by atoms with Crippen molar-refractivity contribution in [2.24, 2.45) is 7.05 Å². The Kier molecular flexibility index (Phi) is 6.61. The van der Waals surface area contributed by atoms with Crippen molar-refractivity contribution in [2.75, 3.05) is 19.6 Å². The van der Waals surface area contributed by atoms with Crippen LogP contribution in [0.4, 0.5) is 8.78 Å². The molecule has 1 N–H and O–H groups in total. The molecule has 3 rings (SSSR count). The second-order valence-electron chi connectivity index (χ2n) is 7.13. The van der Waals surface area contributed by atoms with Crippen LogP contribution in [0.3, 0.4) is 0 Å². The topological polar surface area (TPSA) is 54.3 Å². The molecule has 29 heavy (non-hydrogen) atoms. The number of carbonyl (C=O) groups is 1. The van der Waals surface area contributed by atoms with Gasteiger partial charge in [0.25, 0.3) is 11.8 Å². The molecule has 1 fully saturated rings. The summed E-state index contributed by atoms with van der Waals surface area (Å²) in [5, 5.41) is 3.25. The van der Waals surface area contributed by atoms with Gasteiger partial charge in [-0.1, -0.05) is 35.3 Å². The van der Waals surface area contributed by atoms with Crippen molar-refractivity contribution in [2.45, 2.75) is 24.8 Å². The second kappa shape index (κ2) is 8.81. The average molecular weight is 444 g/mol. The number of pyridine rings is 1. The Bertz CT molecular complexity index is 955. The van der Waals surface area contributed by atoms with E-state index in [0.717, 1.165) is 5.56 Å². The molecule has 0 radical (unpaired) electrons. The minimum absolute atomic E-state index is 0.155. The van der Waals surface area contributed by atoms with Crippen molar-refractivity contribution in [3.05, 3.63) is 68.1 Å². The third-order valence-corrected chi connectivity index (χ3v) is 5.93. The lowest BCUT2D eigenvalue weighted by Gasteiger charge is -2.37. The summed E-state index contributed by atoms with van der Waals surface area (Å²) in [6, 6.07) is 7.50. The third-order valence-electron chi connectivity index (χ3n) is 5.12. The maximum atomic E-state index is 13.6. The molecule has 1 amide bonds. The average Bonchev–Trinajstić information content (AvgIpc) is 2.67. The number of alkyl halides is 2. The Balaban J connectivity index is 1.81. The van der Waals surface area contributed by atoms with E-state index >= 15 is 0 Å². The number of nitrogens with zero attached hydrogens (tertiary/aromatic N) is 2. The van der Waals surface area contributed by atoms with Crippen LogP contribution in [-0.2, 0) is 7.05 Å². The number of aromatic nitrogens is 1. The third kappa shape index (κ3) is 5.15. The summed E-state index contributed by atoms with van der Waals surface area (Å²) in [6.45, 7) is 0.550. The van der Waals surface area contributed by atoms with Gasteiger partial charge in [0.15, 0.2) is 0 Å². The van der Waals surface area contributed by atoms with Crippen LogP contribution in [0, 0.1) is 0 Å². The highest BCUT2D eigenvalue weighted by atomic mass is 35.5. The molecule has 1 aliphatic rings. The molecule has 1 aromatic heterocycles. The van der Waals surface area contributed by atoms with Gasteiger partial charge in [-0.2, -0.15) is 0 Å². The monoisotopic (exact) mass is 443 g/mol. The predicted molar refractivity (Wildman–Crippen MR) is 109 cm³/mol. The molecule has 0 bridgehead atoms. The molecule has 0 saturated carbocycles. The van der Waals surface area contributed by atoms with E-state index in [1.54, 1.807) is 37.5 Å². The van der Waals surface area contributed by atoms with Gasteiger partial charge in [-0.05, 0) is 17.7 Å². The lowest BCUT2D eigenvalue weighted by molar-refractivity contribution is -0.0632. The van der Waals surface area contributed by atoms with Gasteiger partial charge < -0.3 is 9.88 Å². The number of likely N-dealkylation sites (tertiary alicyclic amines) is 1. The van der Waals surface area contributed by atoms with Crippen LogP contribution in [0.1, 0.15) is 34.8 Å². The van der Waals surface area contributed by atoms with E-state index < -0.39 is 11.8 Å². The van der Waals surface area contributed by atoms with Crippen molar-refractivity contribution in [3.8, 4) is 0 Å². The Hall–Kier alpha value is -1.96. The predicted octanol–water partition coefficient (Wildman–Crippen LogP) is 3.89. The van der Waals surface area contributed by atoms with E-state index in [1.807, 2.05) is 4.90 Å². The molecule has 1 aliphatic heterocycles. The van der Waals surface area contributed by atoms with E-state index in [0.29, 0.717) is 0 Å². The first kappa shape index (κ1) is 21.7. The van der Waals surface area contributed by atoms with Crippen molar-refractivity contribution in [3.63, 3.8) is 0 Å². The van der Waals surface area contributed by atoms with Gasteiger partial charge in [0.2, 0.25) is 5.56 Å². The number of carbonyl (C=O) groups excluding carboxylic acids is 1.